The SMILES string of the molecule is C[C@@H](O)CC(=O)N1CCCC2(C1)CN(CC(N)=O)C2=O. The Hall–Kier alpha value is -1.63. The van der Waals surface area contributed by atoms with E-state index in [0.717, 1.165) is 12.8 Å². The minimum Gasteiger partial charge on any atom is -0.393 e. The predicted molar refractivity (Wildman–Crippen MR) is 70.3 cm³/mol. The molecule has 7 nitrogen and oxygen atoms in total. The number of hydrogen-bond acceptors (Lipinski definition) is 4. The Bertz CT molecular complexity index is 437. The molecule has 2 atom stereocenters. The third-order valence-electron chi connectivity index (χ3n) is 3.98. The molecule has 0 radical (unpaired) electrons. The maximum atomic E-state index is 12.2. The number of carbonyl (C=O) groups is 3. The second-order valence-electron chi connectivity index (χ2n) is 5.88. The fourth-order valence-corrected chi connectivity index (χ4v) is 3.09. The Morgan fingerprint density at radius 1 is 1.45 bits per heavy atom. The Kier molecular flexibility index (Phi) is 3.99. The molecule has 0 bridgehead atoms. The van der Waals surface area contributed by atoms with E-state index in [1.807, 2.05) is 0 Å². The van der Waals surface area contributed by atoms with Gasteiger partial charge in [0.1, 0.15) is 0 Å². The van der Waals surface area contributed by atoms with Gasteiger partial charge < -0.3 is 20.6 Å². The highest BCUT2D eigenvalue weighted by atomic mass is 16.3. The van der Waals surface area contributed by atoms with Gasteiger partial charge in [-0.3, -0.25) is 14.4 Å². The fourth-order valence-electron chi connectivity index (χ4n) is 3.09. The summed E-state index contributed by atoms with van der Waals surface area (Å²) in [5.74, 6) is -0.739. The van der Waals surface area contributed by atoms with E-state index in [-0.39, 0.29) is 24.8 Å². The number of aliphatic hydroxyl groups excluding tert-OH is 1. The Morgan fingerprint density at radius 3 is 2.70 bits per heavy atom. The van der Waals surface area contributed by atoms with Crippen LogP contribution in [-0.2, 0) is 14.4 Å². The summed E-state index contributed by atoms with van der Waals surface area (Å²) >= 11 is 0. The molecule has 0 aromatic carbocycles. The molecule has 0 aromatic rings. The van der Waals surface area contributed by atoms with E-state index >= 15 is 0 Å². The van der Waals surface area contributed by atoms with Gasteiger partial charge in [-0.1, -0.05) is 0 Å². The normalized spacial score (nSPS) is 27.4. The van der Waals surface area contributed by atoms with Crippen molar-refractivity contribution in [2.75, 3.05) is 26.2 Å². The standard InChI is InChI=1S/C13H21N3O4/c1-9(17)5-11(19)15-4-2-3-13(7-15)8-16(12(13)20)6-10(14)18/h9,17H,2-8H2,1H3,(H2,14,18)/t9-,13?/m1/s1. The van der Waals surface area contributed by atoms with Crippen LogP contribution in [0.2, 0.25) is 0 Å². The first-order valence-electron chi connectivity index (χ1n) is 6.87. The second-order valence-corrected chi connectivity index (χ2v) is 5.88. The molecule has 0 aromatic heterocycles. The number of piperidine rings is 1. The highest BCUT2D eigenvalue weighted by Gasteiger charge is 2.54. The van der Waals surface area contributed by atoms with E-state index in [1.54, 1.807) is 11.8 Å². The van der Waals surface area contributed by atoms with Crippen molar-refractivity contribution < 1.29 is 19.5 Å². The lowest BCUT2D eigenvalue weighted by Crippen LogP contribution is -2.68. The van der Waals surface area contributed by atoms with E-state index in [1.165, 1.54) is 4.90 Å². The third-order valence-corrected chi connectivity index (χ3v) is 3.98. The number of carbonyl (C=O) groups excluding carboxylic acids is 3. The van der Waals surface area contributed by atoms with Crippen molar-refractivity contribution >= 4 is 17.7 Å². The van der Waals surface area contributed by atoms with Crippen LogP contribution in [0.15, 0.2) is 0 Å². The molecule has 1 unspecified atom stereocenters. The Labute approximate surface area is 117 Å². The zero-order valence-corrected chi connectivity index (χ0v) is 11.7. The average molecular weight is 283 g/mol. The number of amides is 3. The lowest BCUT2D eigenvalue weighted by molar-refractivity contribution is -0.169. The number of hydrogen-bond donors (Lipinski definition) is 2. The van der Waals surface area contributed by atoms with Crippen LogP contribution in [-0.4, -0.2) is 64.9 Å². The van der Waals surface area contributed by atoms with Crippen molar-refractivity contribution in [3.63, 3.8) is 0 Å². The first-order valence-corrected chi connectivity index (χ1v) is 6.87. The molecule has 0 aliphatic carbocycles. The van der Waals surface area contributed by atoms with Gasteiger partial charge in [0.05, 0.1) is 24.5 Å². The zero-order chi connectivity index (χ0) is 14.9. The van der Waals surface area contributed by atoms with Crippen LogP contribution in [0.25, 0.3) is 0 Å². The molecule has 2 aliphatic heterocycles. The van der Waals surface area contributed by atoms with Crippen molar-refractivity contribution in [3.8, 4) is 0 Å². The molecule has 2 saturated heterocycles. The minimum absolute atomic E-state index is 0.0534. The summed E-state index contributed by atoms with van der Waals surface area (Å²) in [6.07, 6.45) is 0.903. The van der Waals surface area contributed by atoms with E-state index in [4.69, 9.17) is 5.73 Å². The second kappa shape index (κ2) is 5.40. The van der Waals surface area contributed by atoms with Crippen LogP contribution in [0, 0.1) is 5.41 Å². The first kappa shape index (κ1) is 14.8. The van der Waals surface area contributed by atoms with Gasteiger partial charge in [0.25, 0.3) is 0 Å². The maximum absolute atomic E-state index is 12.2. The van der Waals surface area contributed by atoms with Crippen LogP contribution in [0.4, 0.5) is 0 Å². The summed E-state index contributed by atoms with van der Waals surface area (Å²) in [7, 11) is 0. The number of nitrogens with two attached hydrogens (primary N) is 1. The van der Waals surface area contributed by atoms with Crippen molar-refractivity contribution in [3.05, 3.63) is 0 Å². The Morgan fingerprint density at radius 2 is 2.15 bits per heavy atom. The smallest absolute Gasteiger partial charge is 0.237 e. The summed E-state index contributed by atoms with van der Waals surface area (Å²) in [4.78, 5) is 38.1. The maximum Gasteiger partial charge on any atom is 0.237 e. The number of likely N-dealkylation sites (tertiary alicyclic amines) is 2. The molecule has 2 fully saturated rings. The Balaban J connectivity index is 1.96. The quantitative estimate of drug-likeness (QED) is 0.625. The predicted octanol–water partition coefficient (Wildman–Crippen LogP) is -1.31. The molecule has 3 amide bonds. The van der Waals surface area contributed by atoms with Gasteiger partial charge in [-0.05, 0) is 19.8 Å². The lowest BCUT2D eigenvalue weighted by Gasteiger charge is -2.52. The summed E-state index contributed by atoms with van der Waals surface area (Å²) in [5, 5.41) is 9.27. The summed E-state index contributed by atoms with van der Waals surface area (Å²) in [6, 6.07) is 0. The van der Waals surface area contributed by atoms with Crippen molar-refractivity contribution in [2.45, 2.75) is 32.3 Å². The zero-order valence-electron chi connectivity index (χ0n) is 11.7. The first-order chi connectivity index (χ1) is 9.34. The van der Waals surface area contributed by atoms with Crippen LogP contribution in [0.1, 0.15) is 26.2 Å². The molecule has 1 spiro atoms. The van der Waals surface area contributed by atoms with Gasteiger partial charge in [-0.25, -0.2) is 0 Å². The van der Waals surface area contributed by atoms with Crippen LogP contribution < -0.4 is 5.73 Å². The van der Waals surface area contributed by atoms with Crippen LogP contribution >= 0.6 is 0 Å². The van der Waals surface area contributed by atoms with Crippen molar-refractivity contribution in [1.82, 2.24) is 9.80 Å². The monoisotopic (exact) mass is 283 g/mol. The van der Waals surface area contributed by atoms with Gasteiger partial charge in [-0.2, -0.15) is 0 Å². The summed E-state index contributed by atoms with van der Waals surface area (Å²) in [6.45, 7) is 3.00. The molecule has 2 heterocycles. The van der Waals surface area contributed by atoms with Gasteiger partial charge in [0.2, 0.25) is 17.7 Å². The van der Waals surface area contributed by atoms with Gasteiger partial charge in [-0.15, -0.1) is 0 Å². The molecular weight excluding hydrogens is 262 g/mol. The van der Waals surface area contributed by atoms with Gasteiger partial charge in [0, 0.05) is 19.6 Å². The molecule has 2 rings (SSSR count). The van der Waals surface area contributed by atoms with Crippen molar-refractivity contribution in [2.24, 2.45) is 11.1 Å². The number of β-lactam (4-membered cyclic amide) rings is 1. The van der Waals surface area contributed by atoms with Crippen LogP contribution in [0.3, 0.4) is 0 Å². The average Bonchev–Trinajstić information content (AvgIpc) is 2.37. The molecule has 3 N–H and O–H groups in total. The van der Waals surface area contributed by atoms with Gasteiger partial charge in [0.15, 0.2) is 0 Å². The molecule has 20 heavy (non-hydrogen) atoms. The number of nitrogens with zero attached hydrogens (tertiary/aromatic N) is 2. The van der Waals surface area contributed by atoms with E-state index in [2.05, 4.69) is 0 Å². The molecule has 0 saturated carbocycles. The molecule has 7 heteroatoms. The summed E-state index contributed by atoms with van der Waals surface area (Å²) in [5.41, 5.74) is 4.55. The van der Waals surface area contributed by atoms with Crippen LogP contribution in [0.5, 0.6) is 0 Å². The largest absolute Gasteiger partial charge is 0.393 e. The molecule has 2 aliphatic rings. The van der Waals surface area contributed by atoms with E-state index in [9.17, 15) is 19.5 Å². The number of primary amides is 1. The minimum atomic E-state index is -0.677. The highest BCUT2D eigenvalue weighted by Crippen LogP contribution is 2.40. The van der Waals surface area contributed by atoms with E-state index < -0.39 is 17.4 Å². The molecular formula is C13H21N3O4. The third kappa shape index (κ3) is 2.77. The highest BCUT2D eigenvalue weighted by molar-refractivity contribution is 5.93. The van der Waals surface area contributed by atoms with Crippen molar-refractivity contribution in [1.29, 1.82) is 0 Å². The van der Waals surface area contributed by atoms with E-state index in [0.29, 0.717) is 19.6 Å². The number of rotatable bonds is 4. The fraction of sp³-hybridized carbons (Fsp3) is 0.769. The topological polar surface area (TPSA) is 104 Å². The number of aliphatic hydroxyl groups is 1. The van der Waals surface area contributed by atoms with Gasteiger partial charge >= 0.3 is 0 Å². The lowest BCUT2D eigenvalue weighted by atomic mass is 9.72. The summed E-state index contributed by atoms with van der Waals surface area (Å²) < 4.78 is 0. The molecule has 112 valence electrons.